The van der Waals surface area contributed by atoms with Crippen LogP contribution in [0.4, 0.5) is 0 Å². The van der Waals surface area contributed by atoms with E-state index in [4.69, 9.17) is 0 Å². The van der Waals surface area contributed by atoms with Gasteiger partial charge in [-0.3, -0.25) is 9.78 Å². The molecule has 0 saturated carbocycles. The molecule has 0 bridgehead atoms. The Morgan fingerprint density at radius 1 is 1.06 bits per heavy atom. The summed E-state index contributed by atoms with van der Waals surface area (Å²) >= 11 is 0. The van der Waals surface area contributed by atoms with Crippen LogP contribution in [0.5, 0.6) is 0 Å². The summed E-state index contributed by atoms with van der Waals surface area (Å²) in [7, 11) is 0. The number of hydrogen-bond donors (Lipinski definition) is 1. The Bertz CT molecular complexity index is 482. The predicted octanol–water partition coefficient (Wildman–Crippen LogP) is 2.44. The molecule has 3 heteroatoms. The maximum Gasteiger partial charge on any atom is 0.269 e. The van der Waals surface area contributed by atoms with E-state index in [2.05, 4.69) is 22.4 Å². The molecule has 1 amide bonds. The van der Waals surface area contributed by atoms with Crippen LogP contribution in [0.1, 0.15) is 22.5 Å². The Hall–Kier alpha value is -2.16. The molecule has 0 unspecified atom stereocenters. The molecule has 0 aliphatic rings. The third kappa shape index (κ3) is 3.70. The van der Waals surface area contributed by atoms with Crippen molar-refractivity contribution >= 4 is 5.91 Å². The van der Waals surface area contributed by atoms with Crippen LogP contribution in [-0.2, 0) is 6.42 Å². The number of aryl methyl sites for hydroxylation is 1. The Kier molecular flexibility index (Phi) is 4.47. The summed E-state index contributed by atoms with van der Waals surface area (Å²) in [5.74, 6) is -0.108. The van der Waals surface area contributed by atoms with Crippen LogP contribution in [0.3, 0.4) is 0 Å². The van der Waals surface area contributed by atoms with E-state index >= 15 is 0 Å². The molecule has 0 aliphatic heterocycles. The average molecular weight is 240 g/mol. The van der Waals surface area contributed by atoms with Gasteiger partial charge in [-0.05, 0) is 30.5 Å². The second kappa shape index (κ2) is 6.55. The van der Waals surface area contributed by atoms with Gasteiger partial charge in [0.1, 0.15) is 5.69 Å². The topological polar surface area (TPSA) is 42.0 Å². The predicted molar refractivity (Wildman–Crippen MR) is 71.3 cm³/mol. The maximum atomic E-state index is 11.7. The number of aromatic nitrogens is 1. The first-order valence-corrected chi connectivity index (χ1v) is 6.09. The first-order chi connectivity index (χ1) is 8.86. The molecule has 1 N–H and O–H groups in total. The largest absolute Gasteiger partial charge is 0.351 e. The number of carbonyl (C=O) groups is 1. The molecule has 3 nitrogen and oxygen atoms in total. The van der Waals surface area contributed by atoms with Gasteiger partial charge in [-0.1, -0.05) is 36.4 Å². The summed E-state index contributed by atoms with van der Waals surface area (Å²) in [4.78, 5) is 15.7. The second-order valence-corrected chi connectivity index (χ2v) is 4.06. The van der Waals surface area contributed by atoms with Crippen molar-refractivity contribution in [2.24, 2.45) is 0 Å². The molecule has 1 aromatic carbocycles. The van der Waals surface area contributed by atoms with Crippen molar-refractivity contribution < 1.29 is 4.79 Å². The van der Waals surface area contributed by atoms with Gasteiger partial charge in [-0.2, -0.15) is 0 Å². The van der Waals surface area contributed by atoms with E-state index in [1.165, 1.54) is 5.56 Å². The van der Waals surface area contributed by atoms with Crippen LogP contribution in [-0.4, -0.2) is 17.4 Å². The fourth-order valence-corrected chi connectivity index (χ4v) is 1.73. The highest BCUT2D eigenvalue weighted by Gasteiger charge is 2.04. The molecule has 92 valence electrons. The molecule has 2 aromatic rings. The lowest BCUT2D eigenvalue weighted by Gasteiger charge is -2.04. The Morgan fingerprint density at radius 2 is 1.83 bits per heavy atom. The van der Waals surface area contributed by atoms with Gasteiger partial charge in [-0.25, -0.2) is 0 Å². The fraction of sp³-hybridized carbons (Fsp3) is 0.200. The second-order valence-electron chi connectivity index (χ2n) is 4.06. The van der Waals surface area contributed by atoms with E-state index in [0.29, 0.717) is 12.2 Å². The SMILES string of the molecule is O=C(NCCCc1ccccc1)c1ccccn1. The summed E-state index contributed by atoms with van der Waals surface area (Å²) in [6.07, 6.45) is 3.53. The number of rotatable bonds is 5. The van der Waals surface area contributed by atoms with Gasteiger partial charge in [0, 0.05) is 12.7 Å². The molecule has 1 aromatic heterocycles. The molecule has 0 spiro atoms. The van der Waals surface area contributed by atoms with E-state index in [0.717, 1.165) is 12.8 Å². The van der Waals surface area contributed by atoms with Gasteiger partial charge >= 0.3 is 0 Å². The smallest absolute Gasteiger partial charge is 0.269 e. The number of nitrogens with zero attached hydrogens (tertiary/aromatic N) is 1. The summed E-state index contributed by atoms with van der Waals surface area (Å²) < 4.78 is 0. The molecular formula is C15H16N2O. The lowest BCUT2D eigenvalue weighted by atomic mass is 10.1. The number of amides is 1. The van der Waals surface area contributed by atoms with E-state index in [-0.39, 0.29) is 5.91 Å². The number of hydrogen-bond acceptors (Lipinski definition) is 2. The number of nitrogens with one attached hydrogen (secondary N) is 1. The maximum absolute atomic E-state index is 11.7. The molecule has 18 heavy (non-hydrogen) atoms. The van der Waals surface area contributed by atoms with E-state index in [9.17, 15) is 4.79 Å². The summed E-state index contributed by atoms with van der Waals surface area (Å²) in [5.41, 5.74) is 1.77. The van der Waals surface area contributed by atoms with Crippen LogP contribution in [0.2, 0.25) is 0 Å². The number of benzene rings is 1. The molecule has 0 atom stereocenters. The minimum absolute atomic E-state index is 0.108. The Balaban J connectivity index is 1.72. The van der Waals surface area contributed by atoms with Crippen molar-refractivity contribution in [3.05, 3.63) is 66.0 Å². The zero-order chi connectivity index (χ0) is 12.6. The lowest BCUT2D eigenvalue weighted by Crippen LogP contribution is -2.25. The van der Waals surface area contributed by atoms with Crippen molar-refractivity contribution in [2.75, 3.05) is 6.54 Å². The number of carbonyl (C=O) groups excluding carboxylic acids is 1. The highest BCUT2D eigenvalue weighted by Crippen LogP contribution is 2.01. The zero-order valence-corrected chi connectivity index (χ0v) is 10.2. The van der Waals surface area contributed by atoms with Crippen molar-refractivity contribution in [1.82, 2.24) is 10.3 Å². The van der Waals surface area contributed by atoms with Crippen molar-refractivity contribution in [1.29, 1.82) is 0 Å². The molecule has 0 fully saturated rings. The summed E-state index contributed by atoms with van der Waals surface area (Å²) in [5, 5.41) is 2.87. The third-order valence-corrected chi connectivity index (χ3v) is 2.67. The van der Waals surface area contributed by atoms with Gasteiger partial charge in [0.25, 0.3) is 5.91 Å². The van der Waals surface area contributed by atoms with Crippen LogP contribution in [0, 0.1) is 0 Å². The van der Waals surface area contributed by atoms with Crippen molar-refractivity contribution in [3.63, 3.8) is 0 Å². The van der Waals surface area contributed by atoms with Gasteiger partial charge in [0.05, 0.1) is 0 Å². The van der Waals surface area contributed by atoms with Gasteiger partial charge in [0.15, 0.2) is 0 Å². The molecule has 0 aliphatic carbocycles. The number of pyridine rings is 1. The molecule has 0 saturated heterocycles. The monoisotopic (exact) mass is 240 g/mol. The summed E-state index contributed by atoms with van der Waals surface area (Å²) in [6, 6.07) is 15.6. The molecule has 0 radical (unpaired) electrons. The zero-order valence-electron chi connectivity index (χ0n) is 10.2. The first-order valence-electron chi connectivity index (χ1n) is 6.09. The highest BCUT2D eigenvalue weighted by atomic mass is 16.1. The Morgan fingerprint density at radius 3 is 2.56 bits per heavy atom. The van der Waals surface area contributed by atoms with Crippen molar-refractivity contribution in [2.45, 2.75) is 12.8 Å². The standard InChI is InChI=1S/C15H16N2O/c18-15(14-10-4-5-11-16-14)17-12-6-9-13-7-2-1-3-8-13/h1-5,7-8,10-11H,6,9,12H2,(H,17,18). The minimum atomic E-state index is -0.108. The van der Waals surface area contributed by atoms with Gasteiger partial charge in [0.2, 0.25) is 0 Å². The van der Waals surface area contributed by atoms with Gasteiger partial charge in [-0.15, -0.1) is 0 Å². The lowest BCUT2D eigenvalue weighted by molar-refractivity contribution is 0.0948. The third-order valence-electron chi connectivity index (χ3n) is 2.67. The average Bonchev–Trinajstić information content (AvgIpc) is 2.45. The molecular weight excluding hydrogens is 224 g/mol. The van der Waals surface area contributed by atoms with E-state index in [1.54, 1.807) is 18.3 Å². The van der Waals surface area contributed by atoms with Crippen LogP contribution in [0.25, 0.3) is 0 Å². The summed E-state index contributed by atoms with van der Waals surface area (Å²) in [6.45, 7) is 0.671. The van der Waals surface area contributed by atoms with Crippen LogP contribution < -0.4 is 5.32 Å². The molecule has 2 rings (SSSR count). The normalized spacial score (nSPS) is 10.0. The van der Waals surface area contributed by atoms with E-state index < -0.39 is 0 Å². The highest BCUT2D eigenvalue weighted by molar-refractivity contribution is 5.92. The first kappa shape index (κ1) is 12.3. The van der Waals surface area contributed by atoms with Crippen LogP contribution >= 0.6 is 0 Å². The quantitative estimate of drug-likeness (QED) is 0.816. The van der Waals surface area contributed by atoms with E-state index in [1.807, 2.05) is 24.3 Å². The minimum Gasteiger partial charge on any atom is -0.351 e. The molecule has 1 heterocycles. The van der Waals surface area contributed by atoms with Crippen molar-refractivity contribution in [3.8, 4) is 0 Å². The fourth-order valence-electron chi connectivity index (χ4n) is 1.73. The van der Waals surface area contributed by atoms with Gasteiger partial charge < -0.3 is 5.32 Å². The van der Waals surface area contributed by atoms with Crippen LogP contribution in [0.15, 0.2) is 54.7 Å². The Labute approximate surface area is 107 Å².